The number of carbonyl (C=O) groups excluding carboxylic acids is 1. The number of rotatable bonds is 3. The number of nitro groups is 1. The van der Waals surface area contributed by atoms with Gasteiger partial charge in [0.2, 0.25) is 0 Å². The van der Waals surface area contributed by atoms with Crippen molar-refractivity contribution in [2.24, 2.45) is 0 Å². The van der Waals surface area contributed by atoms with Crippen molar-refractivity contribution in [1.29, 1.82) is 0 Å². The van der Waals surface area contributed by atoms with Crippen LogP contribution in [-0.4, -0.2) is 15.9 Å². The van der Waals surface area contributed by atoms with E-state index in [0.29, 0.717) is 15.7 Å². The van der Waals surface area contributed by atoms with Crippen LogP contribution in [-0.2, 0) is 0 Å². The van der Waals surface area contributed by atoms with Crippen LogP contribution in [0.4, 0.5) is 11.4 Å². The molecule has 0 fully saturated rings. The first-order valence-electron chi connectivity index (χ1n) is 5.93. The van der Waals surface area contributed by atoms with E-state index in [0.717, 1.165) is 0 Å². The summed E-state index contributed by atoms with van der Waals surface area (Å²) in [6.07, 6.45) is 0. The number of nitrogens with zero attached hydrogens (tertiary/aromatic N) is 1. The summed E-state index contributed by atoms with van der Waals surface area (Å²) in [5, 5.41) is 23.0. The molecule has 0 unspecified atom stereocenters. The SMILES string of the molecule is Cc1ccc(NC(=O)c2ccc(Br)c([N+](=O)[O-])c2)cc1O. The number of phenols is 1. The summed E-state index contributed by atoms with van der Waals surface area (Å²) >= 11 is 3.06. The van der Waals surface area contributed by atoms with Crippen molar-refractivity contribution in [3.05, 3.63) is 62.1 Å². The smallest absolute Gasteiger partial charge is 0.284 e. The Morgan fingerprint density at radius 1 is 1.29 bits per heavy atom. The number of nitrogens with one attached hydrogen (secondary N) is 1. The van der Waals surface area contributed by atoms with Gasteiger partial charge in [-0.3, -0.25) is 14.9 Å². The zero-order valence-corrected chi connectivity index (χ0v) is 12.5. The van der Waals surface area contributed by atoms with Gasteiger partial charge in [0.25, 0.3) is 11.6 Å². The summed E-state index contributed by atoms with van der Waals surface area (Å²) in [5.41, 5.74) is 1.07. The second-order valence-electron chi connectivity index (χ2n) is 4.38. The Labute approximate surface area is 128 Å². The second-order valence-corrected chi connectivity index (χ2v) is 5.23. The Hall–Kier alpha value is -2.41. The topological polar surface area (TPSA) is 92.5 Å². The highest BCUT2D eigenvalue weighted by molar-refractivity contribution is 9.10. The fourth-order valence-electron chi connectivity index (χ4n) is 1.68. The Morgan fingerprint density at radius 3 is 2.62 bits per heavy atom. The maximum absolute atomic E-state index is 12.1. The van der Waals surface area contributed by atoms with E-state index in [1.165, 1.54) is 24.3 Å². The lowest BCUT2D eigenvalue weighted by atomic mass is 10.1. The number of amides is 1. The molecular weight excluding hydrogens is 340 g/mol. The molecule has 0 bridgehead atoms. The van der Waals surface area contributed by atoms with Crippen LogP contribution in [0, 0.1) is 17.0 Å². The zero-order chi connectivity index (χ0) is 15.6. The summed E-state index contributed by atoms with van der Waals surface area (Å²) in [6.45, 7) is 1.74. The number of nitro benzene ring substituents is 1. The molecule has 2 aromatic rings. The molecule has 0 aliphatic carbocycles. The average molecular weight is 351 g/mol. The normalized spacial score (nSPS) is 10.2. The van der Waals surface area contributed by atoms with Crippen LogP contribution < -0.4 is 5.32 Å². The predicted octanol–water partition coefficient (Wildman–Crippen LogP) is 3.62. The van der Waals surface area contributed by atoms with Crippen molar-refractivity contribution < 1.29 is 14.8 Å². The van der Waals surface area contributed by atoms with Crippen molar-refractivity contribution in [2.75, 3.05) is 5.32 Å². The van der Waals surface area contributed by atoms with E-state index in [1.807, 2.05) is 0 Å². The van der Waals surface area contributed by atoms with Gasteiger partial charge in [-0.2, -0.15) is 0 Å². The van der Waals surface area contributed by atoms with Gasteiger partial charge < -0.3 is 10.4 Å². The van der Waals surface area contributed by atoms with Crippen LogP contribution in [0.5, 0.6) is 5.75 Å². The molecule has 0 heterocycles. The number of anilines is 1. The predicted molar refractivity (Wildman–Crippen MR) is 81.6 cm³/mol. The monoisotopic (exact) mass is 350 g/mol. The largest absolute Gasteiger partial charge is 0.508 e. The van der Waals surface area contributed by atoms with Crippen molar-refractivity contribution in [1.82, 2.24) is 0 Å². The maximum Gasteiger partial charge on any atom is 0.284 e. The molecule has 0 aromatic heterocycles. The summed E-state index contributed by atoms with van der Waals surface area (Å²) < 4.78 is 0.303. The van der Waals surface area contributed by atoms with Crippen molar-refractivity contribution in [3.8, 4) is 5.75 Å². The van der Waals surface area contributed by atoms with E-state index in [4.69, 9.17) is 0 Å². The van der Waals surface area contributed by atoms with E-state index < -0.39 is 10.8 Å². The molecular formula is C14H11BrN2O4. The van der Waals surface area contributed by atoms with Crippen LogP contribution in [0.25, 0.3) is 0 Å². The van der Waals surface area contributed by atoms with Crippen LogP contribution in [0.1, 0.15) is 15.9 Å². The number of aryl methyl sites for hydroxylation is 1. The Bertz CT molecular complexity index is 731. The number of benzene rings is 2. The zero-order valence-electron chi connectivity index (χ0n) is 11.0. The second kappa shape index (κ2) is 5.92. The van der Waals surface area contributed by atoms with Crippen LogP contribution in [0.3, 0.4) is 0 Å². The third-order valence-electron chi connectivity index (χ3n) is 2.87. The minimum atomic E-state index is -0.571. The van der Waals surface area contributed by atoms with E-state index >= 15 is 0 Å². The van der Waals surface area contributed by atoms with E-state index in [-0.39, 0.29) is 17.0 Å². The van der Waals surface area contributed by atoms with Crippen molar-refractivity contribution >= 4 is 33.2 Å². The number of hydrogen-bond acceptors (Lipinski definition) is 4. The van der Waals surface area contributed by atoms with E-state index in [9.17, 15) is 20.0 Å². The molecule has 0 spiro atoms. The highest BCUT2D eigenvalue weighted by atomic mass is 79.9. The Morgan fingerprint density at radius 2 is 2.00 bits per heavy atom. The van der Waals surface area contributed by atoms with E-state index in [1.54, 1.807) is 19.1 Å². The first-order chi connectivity index (χ1) is 9.88. The van der Waals surface area contributed by atoms with E-state index in [2.05, 4.69) is 21.2 Å². The van der Waals surface area contributed by atoms with Gasteiger partial charge in [0.15, 0.2) is 0 Å². The summed E-state index contributed by atoms with van der Waals surface area (Å²) in [6, 6.07) is 8.82. The van der Waals surface area contributed by atoms with Gasteiger partial charge in [0.05, 0.1) is 9.40 Å². The highest BCUT2D eigenvalue weighted by Crippen LogP contribution is 2.26. The molecule has 7 heteroatoms. The molecule has 21 heavy (non-hydrogen) atoms. The number of carbonyl (C=O) groups is 1. The van der Waals surface area contributed by atoms with Gasteiger partial charge in [-0.25, -0.2) is 0 Å². The lowest BCUT2D eigenvalue weighted by molar-refractivity contribution is -0.385. The molecule has 0 saturated heterocycles. The number of phenolic OH excluding ortho intramolecular Hbond substituents is 1. The van der Waals surface area contributed by atoms with Gasteiger partial charge in [0, 0.05) is 23.4 Å². The molecule has 6 nitrogen and oxygen atoms in total. The minimum Gasteiger partial charge on any atom is -0.508 e. The molecule has 2 N–H and O–H groups in total. The van der Waals surface area contributed by atoms with Gasteiger partial charge in [0.1, 0.15) is 5.75 Å². The number of halogens is 1. The summed E-state index contributed by atoms with van der Waals surface area (Å²) in [4.78, 5) is 22.3. The molecule has 2 aromatic carbocycles. The highest BCUT2D eigenvalue weighted by Gasteiger charge is 2.16. The fourth-order valence-corrected chi connectivity index (χ4v) is 2.08. The molecule has 0 saturated carbocycles. The third kappa shape index (κ3) is 3.38. The first kappa shape index (κ1) is 15.0. The van der Waals surface area contributed by atoms with Gasteiger partial charge >= 0.3 is 0 Å². The molecule has 108 valence electrons. The molecule has 1 amide bonds. The molecule has 0 atom stereocenters. The lowest BCUT2D eigenvalue weighted by Gasteiger charge is -2.07. The van der Waals surface area contributed by atoms with Crippen LogP contribution in [0.15, 0.2) is 40.9 Å². The maximum atomic E-state index is 12.1. The van der Waals surface area contributed by atoms with Crippen molar-refractivity contribution in [2.45, 2.75) is 6.92 Å². The summed E-state index contributed by atoms with van der Waals surface area (Å²) in [7, 11) is 0. The van der Waals surface area contributed by atoms with Gasteiger partial charge in [-0.15, -0.1) is 0 Å². The number of hydrogen-bond donors (Lipinski definition) is 2. The average Bonchev–Trinajstić information content (AvgIpc) is 2.43. The fraction of sp³-hybridized carbons (Fsp3) is 0.0714. The first-order valence-corrected chi connectivity index (χ1v) is 6.72. The molecule has 0 radical (unpaired) electrons. The Balaban J connectivity index is 2.26. The van der Waals surface area contributed by atoms with Crippen molar-refractivity contribution in [3.63, 3.8) is 0 Å². The molecule has 0 aliphatic heterocycles. The van der Waals surface area contributed by atoms with Gasteiger partial charge in [-0.1, -0.05) is 6.07 Å². The minimum absolute atomic E-state index is 0.0644. The number of aromatic hydroxyl groups is 1. The third-order valence-corrected chi connectivity index (χ3v) is 3.54. The quantitative estimate of drug-likeness (QED) is 0.652. The standard InChI is InChI=1S/C14H11BrN2O4/c1-8-2-4-10(7-13(8)18)16-14(19)9-3-5-11(15)12(6-9)17(20)21/h2-7,18H,1H3,(H,16,19). The van der Waals surface area contributed by atoms with Gasteiger partial charge in [-0.05, 0) is 46.6 Å². The molecule has 0 aliphatic rings. The Kier molecular flexibility index (Phi) is 4.23. The summed E-state index contributed by atoms with van der Waals surface area (Å²) in [5.74, 6) is -0.427. The van der Waals surface area contributed by atoms with Crippen LogP contribution in [0.2, 0.25) is 0 Å². The van der Waals surface area contributed by atoms with Crippen LogP contribution >= 0.6 is 15.9 Å². The molecule has 2 rings (SSSR count). The lowest BCUT2D eigenvalue weighted by Crippen LogP contribution is -2.12.